The fourth-order valence-electron chi connectivity index (χ4n) is 6.14. The number of carbonyl (C=O) groups is 3. The van der Waals surface area contributed by atoms with Gasteiger partial charge >= 0.3 is 0 Å². The fourth-order valence-corrected chi connectivity index (χ4v) is 6.14. The van der Waals surface area contributed by atoms with E-state index in [-0.39, 0.29) is 23.5 Å². The van der Waals surface area contributed by atoms with E-state index in [9.17, 15) is 24.5 Å². The molecule has 3 amide bonds. The second kappa shape index (κ2) is 5.98. The molecule has 2 aromatic carbocycles. The topological polar surface area (TPSA) is 113 Å². The van der Waals surface area contributed by atoms with E-state index in [1.54, 1.807) is 0 Å². The highest BCUT2D eigenvalue weighted by Gasteiger charge is 2.74. The summed E-state index contributed by atoms with van der Waals surface area (Å²) >= 11 is 0. The summed E-state index contributed by atoms with van der Waals surface area (Å²) < 4.78 is 0. The molecule has 4 heterocycles. The maximum atomic E-state index is 13.7. The molecule has 1 N–H and O–H groups in total. The molecule has 4 aliphatic heterocycles. The average molecular weight is 418 g/mol. The van der Waals surface area contributed by atoms with Crippen molar-refractivity contribution < 1.29 is 19.3 Å². The number of nitrogens with one attached hydrogen (secondary N) is 1. The summed E-state index contributed by atoms with van der Waals surface area (Å²) in [4.78, 5) is 54.3. The van der Waals surface area contributed by atoms with Gasteiger partial charge in [-0.3, -0.25) is 29.4 Å². The van der Waals surface area contributed by atoms with Crippen LogP contribution in [0, 0.1) is 22.0 Å². The summed E-state index contributed by atoms with van der Waals surface area (Å²) in [7, 11) is 0. The zero-order valence-electron chi connectivity index (χ0n) is 16.4. The van der Waals surface area contributed by atoms with Crippen LogP contribution in [-0.2, 0) is 19.9 Å². The van der Waals surface area contributed by atoms with Crippen molar-refractivity contribution >= 4 is 34.8 Å². The van der Waals surface area contributed by atoms with E-state index < -0.39 is 28.2 Å². The van der Waals surface area contributed by atoms with Crippen molar-refractivity contribution in [3.63, 3.8) is 0 Å². The molecule has 4 atom stereocenters. The van der Waals surface area contributed by atoms with Gasteiger partial charge in [0, 0.05) is 29.4 Å². The van der Waals surface area contributed by atoms with Gasteiger partial charge in [-0.2, -0.15) is 0 Å². The Balaban J connectivity index is 1.50. The molecule has 0 aliphatic carbocycles. The van der Waals surface area contributed by atoms with E-state index in [2.05, 4.69) is 10.2 Å². The third-order valence-corrected chi connectivity index (χ3v) is 7.22. The first-order valence-corrected chi connectivity index (χ1v) is 10.3. The predicted molar refractivity (Wildman–Crippen MR) is 109 cm³/mol. The molecule has 0 unspecified atom stereocenters. The van der Waals surface area contributed by atoms with Crippen LogP contribution in [0.15, 0.2) is 48.5 Å². The van der Waals surface area contributed by atoms with Crippen LogP contribution in [0.1, 0.15) is 18.4 Å². The fraction of sp³-hybridized carbons (Fsp3) is 0.318. The van der Waals surface area contributed by atoms with Crippen LogP contribution in [0.2, 0.25) is 0 Å². The van der Waals surface area contributed by atoms with Gasteiger partial charge in [-0.15, -0.1) is 0 Å². The lowest BCUT2D eigenvalue weighted by Crippen LogP contribution is -2.54. The summed E-state index contributed by atoms with van der Waals surface area (Å²) in [6, 6.07) is 12.5. The molecule has 1 spiro atoms. The molecule has 9 nitrogen and oxygen atoms in total. The van der Waals surface area contributed by atoms with Crippen molar-refractivity contribution in [2.24, 2.45) is 11.8 Å². The lowest BCUT2D eigenvalue weighted by atomic mass is 9.75. The highest BCUT2D eigenvalue weighted by Crippen LogP contribution is 2.60. The first-order chi connectivity index (χ1) is 15.0. The molecule has 0 radical (unpaired) electrons. The minimum absolute atomic E-state index is 0.120. The summed E-state index contributed by atoms with van der Waals surface area (Å²) in [6.45, 7) is 0.650. The Morgan fingerprint density at radius 3 is 2.52 bits per heavy atom. The quantitative estimate of drug-likeness (QED) is 0.454. The monoisotopic (exact) mass is 418 g/mol. The Morgan fingerprint density at radius 2 is 1.77 bits per heavy atom. The van der Waals surface area contributed by atoms with Gasteiger partial charge in [0.2, 0.25) is 17.7 Å². The van der Waals surface area contributed by atoms with E-state index in [4.69, 9.17) is 0 Å². The summed E-state index contributed by atoms with van der Waals surface area (Å²) in [5.41, 5.74) is 0.385. The maximum absolute atomic E-state index is 13.7. The third-order valence-electron chi connectivity index (χ3n) is 7.22. The molecule has 2 aromatic rings. The number of rotatable bonds is 2. The Kier molecular flexibility index (Phi) is 3.51. The van der Waals surface area contributed by atoms with Crippen LogP contribution >= 0.6 is 0 Å². The van der Waals surface area contributed by atoms with Gasteiger partial charge in [-0.25, -0.2) is 4.90 Å². The number of hydrogen-bond acceptors (Lipinski definition) is 6. The predicted octanol–water partition coefficient (Wildman–Crippen LogP) is 2.03. The lowest BCUT2D eigenvalue weighted by Gasteiger charge is -2.36. The number of hydrogen-bond donors (Lipinski definition) is 1. The summed E-state index contributed by atoms with van der Waals surface area (Å²) in [5, 5.41) is 13.9. The van der Waals surface area contributed by atoms with Crippen molar-refractivity contribution in [3.05, 3.63) is 64.2 Å². The van der Waals surface area contributed by atoms with Crippen LogP contribution in [0.4, 0.5) is 17.1 Å². The Bertz CT molecular complexity index is 1180. The van der Waals surface area contributed by atoms with E-state index in [0.717, 1.165) is 23.3 Å². The van der Waals surface area contributed by atoms with Gasteiger partial charge in [-0.1, -0.05) is 18.2 Å². The number of nitro groups is 1. The van der Waals surface area contributed by atoms with Crippen LogP contribution < -0.4 is 10.2 Å². The lowest BCUT2D eigenvalue weighted by molar-refractivity contribution is -0.384. The first-order valence-electron chi connectivity index (χ1n) is 10.3. The molecular weight excluding hydrogens is 400 g/mol. The highest BCUT2D eigenvalue weighted by molar-refractivity contribution is 6.25. The molecule has 0 saturated carbocycles. The van der Waals surface area contributed by atoms with Gasteiger partial charge in [0.15, 0.2) is 0 Å². The SMILES string of the molecule is O=C1[C@@H]2[C@H]3CCCN3[C@]3(C(=O)Nc4ccccc43)[C@H]2C(=O)N1c1ccc([N+](=O)[O-])cc1. The Labute approximate surface area is 176 Å². The maximum Gasteiger partial charge on any atom is 0.269 e. The number of fused-ring (bicyclic) bond motifs is 7. The van der Waals surface area contributed by atoms with E-state index in [1.165, 1.54) is 24.3 Å². The number of amides is 3. The number of nitrogens with zero attached hydrogens (tertiary/aromatic N) is 3. The van der Waals surface area contributed by atoms with Crippen molar-refractivity contribution in [3.8, 4) is 0 Å². The Hall–Kier alpha value is -3.59. The van der Waals surface area contributed by atoms with Gasteiger partial charge in [0.25, 0.3) is 5.69 Å². The molecule has 0 aromatic heterocycles. The number of non-ortho nitro benzene ring substituents is 1. The summed E-state index contributed by atoms with van der Waals surface area (Å²) in [6.07, 6.45) is 1.59. The molecule has 3 fully saturated rings. The number of nitro benzene ring substituents is 1. The van der Waals surface area contributed by atoms with Gasteiger partial charge in [0.05, 0.1) is 22.4 Å². The van der Waals surface area contributed by atoms with Crippen LogP contribution in [-0.4, -0.2) is 40.1 Å². The molecule has 9 heteroatoms. The number of carbonyl (C=O) groups excluding carboxylic acids is 3. The molecule has 3 saturated heterocycles. The van der Waals surface area contributed by atoms with E-state index >= 15 is 0 Å². The normalized spacial score (nSPS) is 31.2. The number of anilines is 2. The smallest absolute Gasteiger partial charge is 0.269 e. The minimum atomic E-state index is -1.20. The Morgan fingerprint density at radius 1 is 1.03 bits per heavy atom. The molecule has 0 bridgehead atoms. The van der Waals surface area contributed by atoms with Crippen LogP contribution in [0.3, 0.4) is 0 Å². The third kappa shape index (κ3) is 2.06. The molecule has 4 aliphatic rings. The number of benzene rings is 2. The van der Waals surface area contributed by atoms with E-state index in [0.29, 0.717) is 17.9 Å². The highest BCUT2D eigenvalue weighted by atomic mass is 16.6. The van der Waals surface area contributed by atoms with Gasteiger partial charge < -0.3 is 5.32 Å². The average Bonchev–Trinajstić information content (AvgIpc) is 3.46. The standard InChI is InChI=1S/C22H18N4O5/c27-19-17-16-6-3-11-24(16)22(14-4-1-2-5-15(14)23-21(22)29)18(17)20(28)25(19)12-7-9-13(10-8-12)26(30)31/h1-2,4-5,7-10,16-18H,3,6,11H2,(H,23,29)/t16-,17-,18-,22+/m1/s1. The number of para-hydroxylation sites is 1. The van der Waals surface area contributed by atoms with Crippen LogP contribution in [0.5, 0.6) is 0 Å². The largest absolute Gasteiger partial charge is 0.324 e. The minimum Gasteiger partial charge on any atom is -0.324 e. The second-order valence-electron chi connectivity index (χ2n) is 8.46. The van der Waals surface area contributed by atoms with E-state index in [1.807, 2.05) is 24.3 Å². The molecular formula is C22H18N4O5. The van der Waals surface area contributed by atoms with Crippen molar-refractivity contribution in [2.75, 3.05) is 16.8 Å². The van der Waals surface area contributed by atoms with Crippen molar-refractivity contribution in [2.45, 2.75) is 24.4 Å². The van der Waals surface area contributed by atoms with Crippen LogP contribution in [0.25, 0.3) is 0 Å². The molecule has 156 valence electrons. The van der Waals surface area contributed by atoms with Gasteiger partial charge in [-0.05, 0) is 37.6 Å². The second-order valence-corrected chi connectivity index (χ2v) is 8.46. The zero-order chi connectivity index (χ0) is 21.5. The van der Waals surface area contributed by atoms with Crippen molar-refractivity contribution in [1.29, 1.82) is 0 Å². The zero-order valence-corrected chi connectivity index (χ0v) is 16.4. The molecule has 31 heavy (non-hydrogen) atoms. The summed E-state index contributed by atoms with van der Waals surface area (Å²) in [5.74, 6) is -2.48. The molecule has 6 rings (SSSR count). The first kappa shape index (κ1) is 18.2. The number of imide groups is 1. The van der Waals surface area contributed by atoms with Gasteiger partial charge in [0.1, 0.15) is 5.54 Å². The van der Waals surface area contributed by atoms with Crippen molar-refractivity contribution in [1.82, 2.24) is 4.90 Å².